The van der Waals surface area contributed by atoms with Crippen molar-refractivity contribution in [1.29, 1.82) is 0 Å². The summed E-state index contributed by atoms with van der Waals surface area (Å²) in [5.74, 6) is -0.552. The zero-order valence-corrected chi connectivity index (χ0v) is 23.2. The summed E-state index contributed by atoms with van der Waals surface area (Å²) in [5.41, 5.74) is 4.36. The van der Waals surface area contributed by atoms with E-state index in [2.05, 4.69) is 10.6 Å². The van der Waals surface area contributed by atoms with Crippen molar-refractivity contribution in [3.8, 4) is 22.6 Å². The number of rotatable bonds is 10. The predicted molar refractivity (Wildman–Crippen MR) is 159 cm³/mol. The number of phenols is 1. The first kappa shape index (κ1) is 28.9. The highest BCUT2D eigenvalue weighted by Gasteiger charge is 2.16. The van der Waals surface area contributed by atoms with Gasteiger partial charge in [0.1, 0.15) is 11.5 Å². The number of benzene rings is 4. The minimum Gasteiger partial charge on any atom is -0.508 e. The Morgan fingerprint density at radius 1 is 0.805 bits per heavy atom. The maximum Gasteiger partial charge on any atom is 0.338 e. The van der Waals surface area contributed by atoms with Gasteiger partial charge in [-0.15, -0.1) is 0 Å². The van der Waals surface area contributed by atoms with Crippen LogP contribution in [0.4, 0.5) is 11.4 Å². The highest BCUT2D eigenvalue weighted by Crippen LogP contribution is 2.29. The highest BCUT2D eigenvalue weighted by molar-refractivity contribution is 6.08. The molecule has 4 rings (SSSR count). The zero-order valence-electron chi connectivity index (χ0n) is 23.2. The molecule has 0 aliphatic carbocycles. The quantitative estimate of drug-likeness (QED) is 0.147. The summed E-state index contributed by atoms with van der Waals surface area (Å²) < 4.78 is 10.7. The fourth-order valence-electron chi connectivity index (χ4n) is 4.20. The van der Waals surface area contributed by atoms with Gasteiger partial charge >= 0.3 is 5.97 Å². The molecule has 0 aliphatic heterocycles. The predicted octanol–water partition coefficient (Wildman–Crippen LogP) is 6.84. The van der Waals surface area contributed by atoms with E-state index in [0.717, 1.165) is 24.0 Å². The molecule has 8 heteroatoms. The molecule has 0 spiro atoms. The van der Waals surface area contributed by atoms with E-state index in [1.807, 2.05) is 13.0 Å². The van der Waals surface area contributed by atoms with Crippen LogP contribution in [0.5, 0.6) is 11.5 Å². The first-order valence-electron chi connectivity index (χ1n) is 13.3. The number of amides is 2. The Balaban J connectivity index is 1.48. The van der Waals surface area contributed by atoms with Crippen LogP contribution in [-0.4, -0.2) is 36.6 Å². The lowest BCUT2D eigenvalue weighted by molar-refractivity contribution is 0.0498. The van der Waals surface area contributed by atoms with Gasteiger partial charge in [-0.2, -0.15) is 0 Å². The van der Waals surface area contributed by atoms with Crippen LogP contribution in [0, 0.1) is 6.92 Å². The van der Waals surface area contributed by atoms with Crippen molar-refractivity contribution in [2.75, 3.05) is 24.4 Å². The number of nitrogens with one attached hydrogen (secondary N) is 2. The van der Waals surface area contributed by atoms with Gasteiger partial charge in [0.15, 0.2) is 0 Å². The number of methoxy groups -OCH3 is 1. The number of carbonyl (C=O) groups excluding carboxylic acids is 3. The van der Waals surface area contributed by atoms with Gasteiger partial charge in [0.25, 0.3) is 11.8 Å². The maximum absolute atomic E-state index is 13.2. The molecule has 0 aromatic heterocycles. The number of aryl methyl sites for hydroxylation is 1. The molecule has 2 amide bonds. The Hall–Kier alpha value is -5.11. The van der Waals surface area contributed by atoms with Gasteiger partial charge in [-0.1, -0.05) is 37.6 Å². The highest BCUT2D eigenvalue weighted by atomic mass is 16.5. The van der Waals surface area contributed by atoms with Crippen LogP contribution in [0.2, 0.25) is 0 Å². The topological polar surface area (TPSA) is 114 Å². The van der Waals surface area contributed by atoms with E-state index in [1.165, 1.54) is 7.11 Å². The van der Waals surface area contributed by atoms with Gasteiger partial charge in [-0.3, -0.25) is 9.59 Å². The first-order chi connectivity index (χ1) is 19.8. The minimum atomic E-state index is -0.410. The molecular weight excluding hydrogens is 520 g/mol. The third-order valence-corrected chi connectivity index (χ3v) is 6.47. The van der Waals surface area contributed by atoms with Gasteiger partial charge in [0.2, 0.25) is 0 Å². The zero-order chi connectivity index (χ0) is 29.4. The van der Waals surface area contributed by atoms with Crippen LogP contribution in [0.1, 0.15) is 56.4 Å². The van der Waals surface area contributed by atoms with Crippen molar-refractivity contribution in [3.63, 3.8) is 0 Å². The molecule has 0 saturated carbocycles. The van der Waals surface area contributed by atoms with Crippen molar-refractivity contribution < 1.29 is 29.0 Å². The lowest BCUT2D eigenvalue weighted by atomic mass is 10.0. The molecule has 210 valence electrons. The molecule has 0 aliphatic rings. The summed E-state index contributed by atoms with van der Waals surface area (Å²) in [7, 11) is 1.49. The SMILES string of the molecule is CCCCOC(=O)c1ccc(C(=O)Nc2ccc(OC)c(NC(=O)c3cccc(-c4ccc(O)cc4)c3)c2)cc1C. The Morgan fingerprint density at radius 2 is 1.54 bits per heavy atom. The normalized spacial score (nSPS) is 10.5. The van der Waals surface area contributed by atoms with Crippen LogP contribution in [0.15, 0.2) is 84.9 Å². The van der Waals surface area contributed by atoms with Crippen molar-refractivity contribution in [1.82, 2.24) is 0 Å². The molecule has 0 saturated heterocycles. The van der Waals surface area contributed by atoms with Crippen molar-refractivity contribution in [3.05, 3.63) is 107 Å². The molecule has 0 unspecified atom stereocenters. The van der Waals surface area contributed by atoms with Crippen LogP contribution in [-0.2, 0) is 4.74 Å². The molecule has 0 heterocycles. The number of phenolic OH excluding ortho intramolecular Hbond substituents is 1. The van der Waals surface area contributed by atoms with Crippen molar-refractivity contribution >= 4 is 29.2 Å². The summed E-state index contributed by atoms with van der Waals surface area (Å²) in [6.45, 7) is 4.13. The Morgan fingerprint density at radius 3 is 2.24 bits per heavy atom. The second kappa shape index (κ2) is 13.3. The fourth-order valence-corrected chi connectivity index (χ4v) is 4.20. The van der Waals surface area contributed by atoms with E-state index in [4.69, 9.17) is 9.47 Å². The van der Waals surface area contributed by atoms with Crippen LogP contribution in [0.25, 0.3) is 11.1 Å². The van der Waals surface area contributed by atoms with E-state index in [-0.39, 0.29) is 17.6 Å². The van der Waals surface area contributed by atoms with E-state index < -0.39 is 5.97 Å². The van der Waals surface area contributed by atoms with Gasteiger partial charge in [0.05, 0.1) is 25.0 Å². The van der Waals surface area contributed by atoms with E-state index in [1.54, 1.807) is 85.8 Å². The molecule has 0 atom stereocenters. The summed E-state index contributed by atoms with van der Waals surface area (Å²) in [6, 6.07) is 23.6. The number of esters is 1. The first-order valence-corrected chi connectivity index (χ1v) is 13.3. The molecule has 8 nitrogen and oxygen atoms in total. The molecule has 3 N–H and O–H groups in total. The average Bonchev–Trinajstić information content (AvgIpc) is 2.97. The Labute approximate surface area is 238 Å². The van der Waals surface area contributed by atoms with Crippen molar-refractivity contribution in [2.24, 2.45) is 0 Å². The number of aromatic hydroxyl groups is 1. The van der Waals surface area contributed by atoms with E-state index in [9.17, 15) is 19.5 Å². The summed E-state index contributed by atoms with van der Waals surface area (Å²) in [5, 5.41) is 15.3. The second-order valence-electron chi connectivity index (χ2n) is 9.47. The summed E-state index contributed by atoms with van der Waals surface area (Å²) in [4.78, 5) is 38.5. The second-order valence-corrected chi connectivity index (χ2v) is 9.47. The number of ether oxygens (including phenoxy) is 2. The summed E-state index contributed by atoms with van der Waals surface area (Å²) in [6.07, 6.45) is 1.72. The smallest absolute Gasteiger partial charge is 0.338 e. The maximum atomic E-state index is 13.2. The van der Waals surface area contributed by atoms with Crippen LogP contribution in [0.3, 0.4) is 0 Å². The molecule has 41 heavy (non-hydrogen) atoms. The standard InChI is InChI=1S/C33H32N2O6/c1-4-5-17-41-33(39)28-15-11-25(18-21(28)2)31(37)34-26-12-16-30(40-3)29(20-26)35-32(38)24-8-6-7-23(19-24)22-9-13-27(36)14-10-22/h6-16,18-20,36H,4-5,17H2,1-3H3,(H,34,37)(H,35,38). The molecule has 0 radical (unpaired) electrons. The number of hydrogen-bond acceptors (Lipinski definition) is 6. The molecule has 0 bridgehead atoms. The van der Waals surface area contributed by atoms with E-state index in [0.29, 0.717) is 46.0 Å². The average molecular weight is 553 g/mol. The van der Waals surface area contributed by atoms with Crippen LogP contribution >= 0.6 is 0 Å². The third-order valence-electron chi connectivity index (χ3n) is 6.47. The lowest BCUT2D eigenvalue weighted by Gasteiger charge is -2.14. The molecule has 0 fully saturated rings. The number of unbranched alkanes of at least 4 members (excludes halogenated alkanes) is 1. The van der Waals surface area contributed by atoms with Crippen molar-refractivity contribution in [2.45, 2.75) is 26.7 Å². The van der Waals surface area contributed by atoms with Gasteiger partial charge in [0, 0.05) is 16.8 Å². The fraction of sp³-hybridized carbons (Fsp3) is 0.182. The lowest BCUT2D eigenvalue weighted by Crippen LogP contribution is -2.15. The van der Waals surface area contributed by atoms with E-state index >= 15 is 0 Å². The molecule has 4 aromatic rings. The largest absolute Gasteiger partial charge is 0.508 e. The molecular formula is C33H32N2O6. The Kier molecular flexibility index (Phi) is 9.37. The molecule has 4 aromatic carbocycles. The van der Waals surface area contributed by atoms with Crippen LogP contribution < -0.4 is 15.4 Å². The number of carbonyl (C=O) groups is 3. The monoisotopic (exact) mass is 552 g/mol. The van der Waals surface area contributed by atoms with Gasteiger partial charge in [-0.05, 0) is 90.7 Å². The minimum absolute atomic E-state index is 0.163. The number of hydrogen-bond donors (Lipinski definition) is 3. The summed E-state index contributed by atoms with van der Waals surface area (Å²) >= 11 is 0. The Bertz CT molecular complexity index is 1560. The van der Waals surface area contributed by atoms with Gasteiger partial charge < -0.3 is 25.2 Å². The number of anilines is 2. The third kappa shape index (κ3) is 7.30. The van der Waals surface area contributed by atoms with Gasteiger partial charge in [-0.25, -0.2) is 4.79 Å².